The Labute approximate surface area is 239 Å². The van der Waals surface area contributed by atoms with Gasteiger partial charge in [0.2, 0.25) is 29.5 Å². The molecule has 0 spiro atoms. The van der Waals surface area contributed by atoms with Crippen LogP contribution in [0.15, 0.2) is 0 Å². The number of thiol groups is 2. The van der Waals surface area contributed by atoms with Crippen LogP contribution in [0.3, 0.4) is 0 Å². The van der Waals surface area contributed by atoms with E-state index in [4.69, 9.17) is 5.73 Å². The second-order valence-electron chi connectivity index (χ2n) is 9.78. The molecule has 0 aromatic heterocycles. The maximum absolute atomic E-state index is 13.1. The molecule has 9 N–H and O–H groups in total. The molecule has 0 heterocycles. The highest BCUT2D eigenvalue weighted by Gasteiger charge is 2.32. The van der Waals surface area contributed by atoms with Gasteiger partial charge in [-0.05, 0) is 25.2 Å². The highest BCUT2D eigenvalue weighted by molar-refractivity contribution is 7.80. The lowest BCUT2D eigenvalue weighted by molar-refractivity contribution is -0.143. The summed E-state index contributed by atoms with van der Waals surface area (Å²) < 4.78 is 0. The molecule has 0 fully saturated rings. The van der Waals surface area contributed by atoms with E-state index in [1.807, 2.05) is 0 Å². The van der Waals surface area contributed by atoms with Crippen molar-refractivity contribution in [1.82, 2.24) is 26.6 Å². The number of carboxylic acid groups (broad SMARTS) is 1. The molecule has 224 valence electrons. The number of aliphatic carboxylic acids is 1. The number of carbonyl (C=O) groups excluding carboxylic acids is 5. The Bertz CT molecular complexity index is 874. The third-order valence-electron chi connectivity index (χ3n) is 5.43. The van der Waals surface area contributed by atoms with E-state index >= 15 is 0 Å². The SMILES string of the molecule is CC(C)C[C@H](NC(=O)[C@H](CS)NC(=O)[C@H](CO)NC(=O)[C@H](C)N)C(=O)N[C@@H](CS)C(=O)N[C@H](C(=O)O)C(C)C. The van der Waals surface area contributed by atoms with E-state index in [0.717, 1.165) is 0 Å². The van der Waals surface area contributed by atoms with Crippen LogP contribution in [-0.4, -0.2) is 100 Å². The molecule has 0 aromatic carbocycles. The zero-order chi connectivity index (χ0) is 30.4. The quantitative estimate of drug-likeness (QED) is 0.0795. The van der Waals surface area contributed by atoms with Crippen LogP contribution in [0, 0.1) is 11.8 Å². The number of aliphatic hydroxyl groups is 1. The summed E-state index contributed by atoms with van der Waals surface area (Å²) in [6.07, 6.45) is 0.166. The van der Waals surface area contributed by atoms with Gasteiger partial charge in [-0.25, -0.2) is 4.79 Å². The van der Waals surface area contributed by atoms with Gasteiger partial charge in [0.15, 0.2) is 0 Å². The molecule has 0 saturated carbocycles. The number of carboxylic acids is 1. The van der Waals surface area contributed by atoms with E-state index in [0.29, 0.717) is 0 Å². The number of nitrogens with one attached hydrogen (secondary N) is 5. The van der Waals surface area contributed by atoms with Crippen molar-refractivity contribution in [2.75, 3.05) is 18.1 Å². The molecular formula is C23H42N6O8S2. The lowest BCUT2D eigenvalue weighted by Crippen LogP contribution is -2.60. The van der Waals surface area contributed by atoms with Gasteiger partial charge in [-0.15, -0.1) is 0 Å². The van der Waals surface area contributed by atoms with Gasteiger partial charge in [-0.2, -0.15) is 25.3 Å². The van der Waals surface area contributed by atoms with E-state index in [1.54, 1.807) is 27.7 Å². The van der Waals surface area contributed by atoms with Crippen LogP contribution in [-0.2, 0) is 28.8 Å². The van der Waals surface area contributed by atoms with E-state index in [-0.39, 0.29) is 23.8 Å². The zero-order valence-corrected chi connectivity index (χ0v) is 24.6. The van der Waals surface area contributed by atoms with Gasteiger partial charge in [0.25, 0.3) is 0 Å². The first-order chi connectivity index (χ1) is 18.1. The highest BCUT2D eigenvalue weighted by atomic mass is 32.1. The fourth-order valence-corrected chi connectivity index (χ4v) is 3.69. The largest absolute Gasteiger partial charge is 0.480 e. The van der Waals surface area contributed by atoms with Gasteiger partial charge < -0.3 is 42.5 Å². The Morgan fingerprint density at radius 2 is 1.05 bits per heavy atom. The molecule has 5 amide bonds. The molecular weight excluding hydrogens is 552 g/mol. The summed E-state index contributed by atoms with van der Waals surface area (Å²) in [5.74, 6) is -5.83. The fourth-order valence-electron chi connectivity index (χ4n) is 3.17. The van der Waals surface area contributed by atoms with Crippen molar-refractivity contribution in [3.8, 4) is 0 Å². The van der Waals surface area contributed by atoms with Crippen molar-refractivity contribution in [2.24, 2.45) is 17.6 Å². The van der Waals surface area contributed by atoms with Crippen LogP contribution in [0.2, 0.25) is 0 Å². The average Bonchev–Trinajstić information content (AvgIpc) is 2.85. The molecule has 0 aliphatic heterocycles. The van der Waals surface area contributed by atoms with Crippen molar-refractivity contribution in [1.29, 1.82) is 0 Å². The number of carbonyl (C=O) groups is 6. The van der Waals surface area contributed by atoms with Crippen LogP contribution < -0.4 is 32.3 Å². The maximum atomic E-state index is 13.1. The maximum Gasteiger partial charge on any atom is 0.326 e. The number of hydrogen-bond acceptors (Lipinski definition) is 10. The smallest absolute Gasteiger partial charge is 0.326 e. The molecule has 6 atom stereocenters. The summed E-state index contributed by atoms with van der Waals surface area (Å²) in [6.45, 7) is 7.49. The molecule has 0 aliphatic rings. The van der Waals surface area contributed by atoms with Crippen LogP contribution >= 0.6 is 25.3 Å². The lowest BCUT2D eigenvalue weighted by atomic mass is 10.0. The first-order valence-corrected chi connectivity index (χ1v) is 13.7. The predicted octanol–water partition coefficient (Wildman–Crippen LogP) is -2.60. The number of aliphatic hydroxyl groups excluding tert-OH is 1. The minimum Gasteiger partial charge on any atom is -0.480 e. The molecule has 39 heavy (non-hydrogen) atoms. The molecule has 16 heteroatoms. The average molecular weight is 595 g/mol. The van der Waals surface area contributed by atoms with E-state index < -0.39 is 84.3 Å². The van der Waals surface area contributed by atoms with Crippen molar-refractivity contribution < 1.29 is 39.0 Å². The van der Waals surface area contributed by atoms with E-state index in [1.165, 1.54) is 6.92 Å². The molecule has 0 aliphatic carbocycles. The zero-order valence-electron chi connectivity index (χ0n) is 22.8. The lowest BCUT2D eigenvalue weighted by Gasteiger charge is -2.27. The van der Waals surface area contributed by atoms with Gasteiger partial charge >= 0.3 is 5.97 Å². The number of rotatable bonds is 17. The molecule has 0 radical (unpaired) electrons. The normalized spacial score (nSPS) is 15.8. The van der Waals surface area contributed by atoms with Gasteiger partial charge in [-0.1, -0.05) is 27.7 Å². The third-order valence-corrected chi connectivity index (χ3v) is 6.16. The Kier molecular flexibility index (Phi) is 16.7. The summed E-state index contributed by atoms with van der Waals surface area (Å²) in [4.78, 5) is 74.4. The van der Waals surface area contributed by atoms with Crippen molar-refractivity contribution >= 4 is 60.8 Å². The Hall–Kier alpha value is -2.56. The molecule has 14 nitrogen and oxygen atoms in total. The Morgan fingerprint density at radius 3 is 1.41 bits per heavy atom. The summed E-state index contributed by atoms with van der Waals surface area (Å²) in [6, 6.07) is -7.04. The monoisotopic (exact) mass is 594 g/mol. The van der Waals surface area contributed by atoms with Crippen LogP contribution in [0.1, 0.15) is 41.0 Å². The third kappa shape index (κ3) is 12.9. The molecule has 0 bridgehead atoms. The first kappa shape index (κ1) is 36.4. The van der Waals surface area contributed by atoms with Crippen molar-refractivity contribution in [3.05, 3.63) is 0 Å². The van der Waals surface area contributed by atoms with Crippen LogP contribution in [0.25, 0.3) is 0 Å². The van der Waals surface area contributed by atoms with Gasteiger partial charge in [0, 0.05) is 11.5 Å². The second-order valence-corrected chi connectivity index (χ2v) is 10.5. The van der Waals surface area contributed by atoms with Crippen LogP contribution in [0.5, 0.6) is 0 Å². The number of nitrogens with two attached hydrogens (primary N) is 1. The second kappa shape index (κ2) is 17.9. The standard InChI is InChI=1S/C23H42N6O8S2/c1-10(2)6-13(19(32)27-16(9-39)22(35)29-17(11(3)4)23(36)37)25-21(34)15(8-38)28-20(33)14(7-30)26-18(31)12(5)24/h10-17,30,38-39H,6-9,24H2,1-5H3,(H,25,34)(H,26,31)(H,27,32)(H,28,33)(H,29,35)(H,36,37)/t12-,13-,14-,15-,16-,17-/m0/s1. The van der Waals surface area contributed by atoms with Gasteiger partial charge in [0.1, 0.15) is 30.2 Å². The van der Waals surface area contributed by atoms with E-state index in [2.05, 4.69) is 51.8 Å². The summed E-state index contributed by atoms with van der Waals surface area (Å²) in [5.41, 5.74) is 5.46. The predicted molar refractivity (Wildman–Crippen MR) is 150 cm³/mol. The first-order valence-electron chi connectivity index (χ1n) is 12.4. The number of amides is 5. The Morgan fingerprint density at radius 1 is 0.667 bits per heavy atom. The molecule has 0 unspecified atom stereocenters. The molecule has 0 aromatic rings. The van der Waals surface area contributed by atoms with Gasteiger partial charge in [-0.3, -0.25) is 24.0 Å². The highest BCUT2D eigenvalue weighted by Crippen LogP contribution is 2.08. The van der Waals surface area contributed by atoms with Gasteiger partial charge in [0.05, 0.1) is 12.6 Å². The van der Waals surface area contributed by atoms with E-state index in [9.17, 15) is 39.0 Å². The fraction of sp³-hybridized carbons (Fsp3) is 0.739. The summed E-state index contributed by atoms with van der Waals surface area (Å²) in [7, 11) is 0. The minimum atomic E-state index is -1.37. The molecule has 0 rings (SSSR count). The molecule has 0 saturated heterocycles. The van der Waals surface area contributed by atoms with Crippen LogP contribution in [0.4, 0.5) is 0 Å². The summed E-state index contributed by atoms with van der Waals surface area (Å²) in [5, 5.41) is 30.8. The Balaban J connectivity index is 5.53. The number of hydrogen-bond donors (Lipinski definition) is 10. The van der Waals surface area contributed by atoms with Crippen molar-refractivity contribution in [2.45, 2.75) is 77.3 Å². The topological polar surface area (TPSA) is 229 Å². The van der Waals surface area contributed by atoms with Crippen molar-refractivity contribution in [3.63, 3.8) is 0 Å². The minimum absolute atomic E-state index is 0.0714. The summed E-state index contributed by atoms with van der Waals surface area (Å²) >= 11 is 8.17.